The Morgan fingerprint density at radius 3 is 2.75 bits per heavy atom. The van der Waals surface area contributed by atoms with Crippen LogP contribution in [0.3, 0.4) is 0 Å². The molecule has 0 spiro atoms. The summed E-state index contributed by atoms with van der Waals surface area (Å²) < 4.78 is 28.2. The maximum absolute atomic E-state index is 12.1. The fourth-order valence-corrected chi connectivity index (χ4v) is 4.30. The van der Waals surface area contributed by atoms with Crippen LogP contribution >= 0.6 is 0 Å². The van der Waals surface area contributed by atoms with Gasteiger partial charge in [0.25, 0.3) is 5.91 Å². The monoisotopic (exact) mass is 298 g/mol. The molecular weight excluding hydrogens is 280 g/mol. The molecule has 6 nitrogen and oxygen atoms in total. The third-order valence-corrected chi connectivity index (χ3v) is 5.11. The van der Waals surface area contributed by atoms with E-state index in [1.807, 2.05) is 6.92 Å². The van der Waals surface area contributed by atoms with Crippen LogP contribution in [-0.2, 0) is 9.84 Å². The van der Waals surface area contributed by atoms with Gasteiger partial charge in [0.2, 0.25) is 5.88 Å². The first-order valence-corrected chi connectivity index (χ1v) is 8.27. The van der Waals surface area contributed by atoms with Crippen LogP contribution in [0, 0.1) is 0 Å². The zero-order chi connectivity index (χ0) is 14.8. The second-order valence-electron chi connectivity index (χ2n) is 5.17. The first kappa shape index (κ1) is 14.8. The topological polar surface area (TPSA) is 85.4 Å². The molecule has 1 fully saturated rings. The van der Waals surface area contributed by atoms with Crippen LogP contribution in [0.4, 0.5) is 0 Å². The van der Waals surface area contributed by atoms with Gasteiger partial charge in [0.15, 0.2) is 9.84 Å². The van der Waals surface area contributed by atoms with Crippen molar-refractivity contribution < 1.29 is 17.9 Å². The van der Waals surface area contributed by atoms with Crippen LogP contribution < -0.4 is 10.1 Å². The average molecular weight is 298 g/mol. The Hall–Kier alpha value is -1.63. The van der Waals surface area contributed by atoms with Gasteiger partial charge in [-0.3, -0.25) is 4.79 Å². The molecule has 1 atom stereocenters. The van der Waals surface area contributed by atoms with Gasteiger partial charge in [-0.2, -0.15) is 0 Å². The molecule has 0 aliphatic carbocycles. The van der Waals surface area contributed by atoms with E-state index in [9.17, 15) is 13.2 Å². The van der Waals surface area contributed by atoms with Gasteiger partial charge in [-0.05, 0) is 26.3 Å². The fourth-order valence-electron chi connectivity index (χ4n) is 2.20. The van der Waals surface area contributed by atoms with E-state index < -0.39 is 15.4 Å². The Morgan fingerprint density at radius 1 is 1.50 bits per heavy atom. The minimum Gasteiger partial charge on any atom is -0.478 e. The molecular formula is C13H18N2O4S. The van der Waals surface area contributed by atoms with Gasteiger partial charge in [0.1, 0.15) is 0 Å². The molecule has 1 N–H and O–H groups in total. The molecule has 2 heterocycles. The van der Waals surface area contributed by atoms with Crippen molar-refractivity contribution in [3.63, 3.8) is 0 Å². The number of aromatic nitrogens is 1. The van der Waals surface area contributed by atoms with E-state index in [2.05, 4.69) is 10.3 Å². The number of sulfone groups is 1. The number of hydrogen-bond acceptors (Lipinski definition) is 5. The van der Waals surface area contributed by atoms with Crippen molar-refractivity contribution in [1.82, 2.24) is 10.3 Å². The molecule has 1 unspecified atom stereocenters. The van der Waals surface area contributed by atoms with E-state index in [1.165, 1.54) is 6.20 Å². The molecule has 1 aromatic heterocycles. The maximum atomic E-state index is 12.1. The number of pyridine rings is 1. The quantitative estimate of drug-likeness (QED) is 0.888. The summed E-state index contributed by atoms with van der Waals surface area (Å²) in [6.07, 6.45) is 1.86. The van der Waals surface area contributed by atoms with E-state index in [4.69, 9.17) is 4.74 Å². The van der Waals surface area contributed by atoms with E-state index >= 15 is 0 Å². The zero-order valence-corrected chi connectivity index (χ0v) is 12.4. The van der Waals surface area contributed by atoms with Crippen molar-refractivity contribution in [2.24, 2.45) is 0 Å². The molecule has 1 aliphatic rings. The third-order valence-electron chi connectivity index (χ3n) is 3.21. The van der Waals surface area contributed by atoms with E-state index in [1.54, 1.807) is 19.1 Å². The van der Waals surface area contributed by atoms with Gasteiger partial charge in [-0.25, -0.2) is 13.4 Å². The minimum atomic E-state index is -3.05. The molecule has 7 heteroatoms. The smallest absolute Gasteiger partial charge is 0.253 e. The van der Waals surface area contributed by atoms with E-state index in [0.717, 1.165) is 0 Å². The molecule has 1 amide bonds. The summed E-state index contributed by atoms with van der Waals surface area (Å²) >= 11 is 0. The summed E-state index contributed by atoms with van der Waals surface area (Å²) in [4.78, 5) is 16.1. The largest absolute Gasteiger partial charge is 0.478 e. The number of amides is 1. The summed E-state index contributed by atoms with van der Waals surface area (Å²) in [7, 11) is -3.05. The van der Waals surface area contributed by atoms with Crippen molar-refractivity contribution in [3.8, 4) is 5.88 Å². The van der Waals surface area contributed by atoms with Crippen molar-refractivity contribution in [3.05, 3.63) is 23.9 Å². The molecule has 0 bridgehead atoms. The van der Waals surface area contributed by atoms with Crippen molar-refractivity contribution in [2.45, 2.75) is 25.8 Å². The Kier molecular flexibility index (Phi) is 3.99. The molecule has 0 saturated carbocycles. The van der Waals surface area contributed by atoms with Gasteiger partial charge >= 0.3 is 0 Å². The first-order valence-electron chi connectivity index (χ1n) is 6.45. The van der Waals surface area contributed by atoms with E-state index in [-0.39, 0.29) is 17.4 Å². The third kappa shape index (κ3) is 3.47. The molecule has 1 aliphatic heterocycles. The lowest BCUT2D eigenvalue weighted by molar-refractivity contribution is 0.0915. The Bertz CT molecular complexity index is 597. The molecule has 2 rings (SSSR count). The highest BCUT2D eigenvalue weighted by Gasteiger charge is 2.39. The second-order valence-corrected chi connectivity index (χ2v) is 7.36. The Labute approximate surface area is 118 Å². The average Bonchev–Trinajstić information content (AvgIpc) is 2.64. The summed E-state index contributed by atoms with van der Waals surface area (Å²) in [6, 6.07) is 3.23. The van der Waals surface area contributed by atoms with Crippen LogP contribution in [0.5, 0.6) is 5.88 Å². The van der Waals surface area contributed by atoms with Crippen LogP contribution in [0.1, 0.15) is 30.6 Å². The molecule has 1 aromatic rings. The van der Waals surface area contributed by atoms with Crippen LogP contribution in [0.15, 0.2) is 18.3 Å². The Balaban J connectivity index is 2.05. The molecule has 1 saturated heterocycles. The number of rotatable bonds is 4. The van der Waals surface area contributed by atoms with Gasteiger partial charge < -0.3 is 10.1 Å². The number of nitrogens with one attached hydrogen (secondary N) is 1. The zero-order valence-electron chi connectivity index (χ0n) is 11.5. The van der Waals surface area contributed by atoms with Gasteiger partial charge in [-0.1, -0.05) is 0 Å². The highest BCUT2D eigenvalue weighted by atomic mass is 32.2. The predicted octanol–water partition coefficient (Wildman–Crippen LogP) is 0.787. The molecule has 0 radical (unpaired) electrons. The second kappa shape index (κ2) is 5.40. The Morgan fingerprint density at radius 2 is 2.25 bits per heavy atom. The standard InChI is InChI=1S/C13H18N2O4S/c1-3-19-11-5-4-10(8-14-11)12(16)15-13(2)6-7-20(17,18)9-13/h4-5,8H,3,6-7,9H2,1-2H3,(H,15,16). The van der Waals surface area contributed by atoms with Crippen molar-refractivity contribution in [2.75, 3.05) is 18.1 Å². The molecule has 20 heavy (non-hydrogen) atoms. The normalized spacial score (nSPS) is 24.3. The van der Waals surface area contributed by atoms with E-state index in [0.29, 0.717) is 24.5 Å². The number of nitrogens with zero attached hydrogens (tertiary/aromatic N) is 1. The molecule has 110 valence electrons. The van der Waals surface area contributed by atoms with Crippen molar-refractivity contribution >= 4 is 15.7 Å². The van der Waals surface area contributed by atoms with Gasteiger partial charge in [0.05, 0.1) is 29.2 Å². The summed E-state index contributed by atoms with van der Waals surface area (Å²) in [5, 5.41) is 2.78. The van der Waals surface area contributed by atoms with Crippen LogP contribution in [-0.4, -0.2) is 43.0 Å². The summed E-state index contributed by atoms with van der Waals surface area (Å²) in [5.74, 6) is 0.237. The molecule has 0 aromatic carbocycles. The van der Waals surface area contributed by atoms with Crippen molar-refractivity contribution in [1.29, 1.82) is 0 Å². The first-order chi connectivity index (χ1) is 9.34. The fraction of sp³-hybridized carbons (Fsp3) is 0.538. The predicted molar refractivity (Wildman–Crippen MR) is 74.5 cm³/mol. The number of hydrogen-bond donors (Lipinski definition) is 1. The highest BCUT2D eigenvalue weighted by Crippen LogP contribution is 2.23. The van der Waals surface area contributed by atoms with Crippen LogP contribution in [0.2, 0.25) is 0 Å². The minimum absolute atomic E-state index is 0.0177. The maximum Gasteiger partial charge on any atom is 0.253 e. The summed E-state index contributed by atoms with van der Waals surface area (Å²) in [6.45, 7) is 4.11. The number of ether oxygens (including phenoxy) is 1. The lowest BCUT2D eigenvalue weighted by Crippen LogP contribution is -2.46. The number of carbonyl (C=O) groups excluding carboxylic acids is 1. The van der Waals surface area contributed by atoms with Crippen LogP contribution in [0.25, 0.3) is 0 Å². The SMILES string of the molecule is CCOc1ccc(C(=O)NC2(C)CCS(=O)(=O)C2)cn1. The lowest BCUT2D eigenvalue weighted by Gasteiger charge is -2.23. The lowest BCUT2D eigenvalue weighted by atomic mass is 10.0. The van der Waals surface area contributed by atoms with Gasteiger partial charge in [-0.15, -0.1) is 0 Å². The van der Waals surface area contributed by atoms with Gasteiger partial charge in [0, 0.05) is 12.3 Å². The summed E-state index contributed by atoms with van der Waals surface area (Å²) in [5.41, 5.74) is -0.312. The highest BCUT2D eigenvalue weighted by molar-refractivity contribution is 7.91. The number of carbonyl (C=O) groups is 1.